The summed E-state index contributed by atoms with van der Waals surface area (Å²) in [6, 6.07) is 52.2. The van der Waals surface area contributed by atoms with E-state index in [9.17, 15) is 0 Å². The molecule has 0 aliphatic rings. The molecule has 0 atom stereocenters. The van der Waals surface area contributed by atoms with Gasteiger partial charge in [-0.05, 0) is 63.0 Å². The van der Waals surface area contributed by atoms with E-state index in [2.05, 4.69) is 103 Å². The first-order chi connectivity index (χ1) is 22.3. The van der Waals surface area contributed by atoms with Crippen molar-refractivity contribution < 1.29 is 4.42 Å². The van der Waals surface area contributed by atoms with Gasteiger partial charge < -0.3 is 4.42 Å². The van der Waals surface area contributed by atoms with Crippen LogP contribution in [-0.4, -0.2) is 15.0 Å². The van der Waals surface area contributed by atoms with Crippen LogP contribution in [0.4, 0.5) is 0 Å². The molecule has 7 aromatic carbocycles. The molecule has 0 N–H and O–H groups in total. The van der Waals surface area contributed by atoms with Gasteiger partial charge in [0, 0.05) is 27.5 Å². The minimum atomic E-state index is 0.634. The Morgan fingerprint density at radius 1 is 0.356 bits per heavy atom. The van der Waals surface area contributed by atoms with Crippen molar-refractivity contribution in [2.75, 3.05) is 0 Å². The molecular formula is C41H25N3O. The van der Waals surface area contributed by atoms with Crippen molar-refractivity contribution in [1.82, 2.24) is 15.0 Å². The summed E-state index contributed by atoms with van der Waals surface area (Å²) in [6.45, 7) is 0. The van der Waals surface area contributed by atoms with E-state index in [0.717, 1.165) is 65.9 Å². The van der Waals surface area contributed by atoms with Gasteiger partial charge in [0.2, 0.25) is 0 Å². The van der Waals surface area contributed by atoms with Crippen molar-refractivity contribution in [3.63, 3.8) is 0 Å². The van der Waals surface area contributed by atoms with E-state index in [1.807, 2.05) is 48.5 Å². The molecular weight excluding hydrogens is 550 g/mol. The molecule has 0 aliphatic carbocycles. The number of para-hydroxylation sites is 1. The highest BCUT2D eigenvalue weighted by molar-refractivity contribution is 6.13. The van der Waals surface area contributed by atoms with E-state index < -0.39 is 0 Å². The zero-order chi connectivity index (χ0) is 29.7. The minimum absolute atomic E-state index is 0.634. The standard InChI is InChI=1S/C41H25N3O/c1-2-12-27(13-3-1)39-42-40(30-22-21-26-11-4-5-14-28(26)23-30)44-41(43-39)35-25-31(24-29-15-6-7-16-32(29)35)33-18-10-20-37-38(33)34-17-8-9-19-36(34)45-37/h1-25H. The summed E-state index contributed by atoms with van der Waals surface area (Å²) < 4.78 is 6.24. The van der Waals surface area contributed by atoms with Crippen molar-refractivity contribution in [3.05, 3.63) is 152 Å². The smallest absolute Gasteiger partial charge is 0.164 e. The number of rotatable bonds is 4. The highest BCUT2D eigenvalue weighted by atomic mass is 16.3. The van der Waals surface area contributed by atoms with Gasteiger partial charge in [0.15, 0.2) is 17.5 Å². The number of fused-ring (bicyclic) bond motifs is 5. The predicted octanol–water partition coefficient (Wildman–Crippen LogP) is 10.7. The number of nitrogens with zero attached hydrogens (tertiary/aromatic N) is 3. The Morgan fingerprint density at radius 3 is 1.87 bits per heavy atom. The third kappa shape index (κ3) is 4.35. The molecule has 0 radical (unpaired) electrons. The Labute approximate surface area is 259 Å². The zero-order valence-corrected chi connectivity index (χ0v) is 24.2. The van der Waals surface area contributed by atoms with Crippen molar-refractivity contribution in [3.8, 4) is 45.3 Å². The lowest BCUT2D eigenvalue weighted by Gasteiger charge is -2.13. The van der Waals surface area contributed by atoms with Gasteiger partial charge in [0.25, 0.3) is 0 Å². The lowest BCUT2D eigenvalue weighted by atomic mass is 9.94. The summed E-state index contributed by atoms with van der Waals surface area (Å²) in [7, 11) is 0. The molecule has 4 heteroatoms. The van der Waals surface area contributed by atoms with Gasteiger partial charge >= 0.3 is 0 Å². The van der Waals surface area contributed by atoms with Crippen molar-refractivity contribution >= 4 is 43.5 Å². The third-order valence-corrected chi connectivity index (χ3v) is 8.49. The molecule has 2 heterocycles. The SMILES string of the molecule is c1ccc(-c2nc(-c3ccc4ccccc4c3)nc(-c3cc(-c4cccc5oc6ccccc6c45)cc4ccccc34)n2)cc1. The summed E-state index contributed by atoms with van der Waals surface area (Å²) in [4.78, 5) is 15.3. The molecule has 2 aromatic heterocycles. The van der Waals surface area contributed by atoms with Gasteiger partial charge in [0.1, 0.15) is 11.2 Å². The van der Waals surface area contributed by atoms with Crippen LogP contribution in [0, 0.1) is 0 Å². The fraction of sp³-hybridized carbons (Fsp3) is 0. The van der Waals surface area contributed by atoms with Gasteiger partial charge in [-0.3, -0.25) is 0 Å². The number of hydrogen-bond acceptors (Lipinski definition) is 4. The van der Waals surface area contributed by atoms with Crippen LogP contribution in [0.25, 0.3) is 88.8 Å². The first-order valence-electron chi connectivity index (χ1n) is 15.0. The summed E-state index contributed by atoms with van der Waals surface area (Å²) >= 11 is 0. The Balaban J connectivity index is 1.31. The van der Waals surface area contributed by atoms with E-state index in [1.54, 1.807) is 0 Å². The molecule has 0 aliphatic heterocycles. The average molecular weight is 576 g/mol. The van der Waals surface area contributed by atoms with E-state index in [4.69, 9.17) is 19.4 Å². The maximum atomic E-state index is 6.24. The second-order valence-corrected chi connectivity index (χ2v) is 11.3. The summed E-state index contributed by atoms with van der Waals surface area (Å²) in [5.74, 6) is 1.91. The van der Waals surface area contributed by atoms with Crippen LogP contribution < -0.4 is 0 Å². The molecule has 210 valence electrons. The van der Waals surface area contributed by atoms with E-state index in [1.165, 1.54) is 5.39 Å². The summed E-state index contributed by atoms with van der Waals surface area (Å²) in [5, 5.41) is 6.73. The van der Waals surface area contributed by atoms with Gasteiger partial charge in [-0.25, -0.2) is 15.0 Å². The first-order valence-corrected chi connectivity index (χ1v) is 15.0. The molecule has 0 saturated heterocycles. The molecule has 9 rings (SSSR count). The molecule has 0 unspecified atom stereocenters. The van der Waals surface area contributed by atoms with Crippen LogP contribution in [0.1, 0.15) is 0 Å². The Hall–Kier alpha value is -6.13. The lowest BCUT2D eigenvalue weighted by molar-refractivity contribution is 0.669. The van der Waals surface area contributed by atoms with Crippen LogP contribution in [0.5, 0.6) is 0 Å². The fourth-order valence-electron chi connectivity index (χ4n) is 6.34. The first kappa shape index (κ1) is 25.4. The second kappa shape index (κ2) is 10.2. The molecule has 45 heavy (non-hydrogen) atoms. The van der Waals surface area contributed by atoms with Gasteiger partial charge in [-0.15, -0.1) is 0 Å². The summed E-state index contributed by atoms with van der Waals surface area (Å²) in [5.41, 5.74) is 6.78. The van der Waals surface area contributed by atoms with E-state index in [-0.39, 0.29) is 0 Å². The largest absolute Gasteiger partial charge is 0.456 e. The molecule has 0 fully saturated rings. The number of benzene rings is 7. The summed E-state index contributed by atoms with van der Waals surface area (Å²) in [6.07, 6.45) is 0. The monoisotopic (exact) mass is 575 g/mol. The number of furan rings is 1. The van der Waals surface area contributed by atoms with E-state index >= 15 is 0 Å². The third-order valence-electron chi connectivity index (χ3n) is 8.49. The Bertz CT molecular complexity index is 2550. The van der Waals surface area contributed by atoms with Crippen LogP contribution >= 0.6 is 0 Å². The van der Waals surface area contributed by atoms with E-state index in [0.29, 0.717) is 17.5 Å². The fourth-order valence-corrected chi connectivity index (χ4v) is 6.34. The quantitative estimate of drug-likeness (QED) is 0.209. The molecule has 4 nitrogen and oxygen atoms in total. The van der Waals surface area contributed by atoms with Gasteiger partial charge in [-0.2, -0.15) is 0 Å². The normalized spacial score (nSPS) is 11.6. The minimum Gasteiger partial charge on any atom is -0.456 e. The average Bonchev–Trinajstić information content (AvgIpc) is 3.50. The highest BCUT2D eigenvalue weighted by Crippen LogP contribution is 2.40. The van der Waals surface area contributed by atoms with Crippen molar-refractivity contribution in [1.29, 1.82) is 0 Å². The van der Waals surface area contributed by atoms with Crippen LogP contribution in [0.2, 0.25) is 0 Å². The second-order valence-electron chi connectivity index (χ2n) is 11.3. The van der Waals surface area contributed by atoms with Crippen molar-refractivity contribution in [2.45, 2.75) is 0 Å². The Kier molecular flexibility index (Phi) is 5.78. The maximum Gasteiger partial charge on any atom is 0.164 e. The molecule has 0 amide bonds. The predicted molar refractivity (Wildman–Crippen MR) is 184 cm³/mol. The molecule has 0 spiro atoms. The van der Waals surface area contributed by atoms with Crippen molar-refractivity contribution in [2.24, 2.45) is 0 Å². The van der Waals surface area contributed by atoms with Crippen LogP contribution in [0.3, 0.4) is 0 Å². The van der Waals surface area contributed by atoms with Crippen LogP contribution in [0.15, 0.2) is 156 Å². The molecule has 0 saturated carbocycles. The Morgan fingerprint density at radius 2 is 1.00 bits per heavy atom. The van der Waals surface area contributed by atoms with Crippen LogP contribution in [-0.2, 0) is 0 Å². The lowest BCUT2D eigenvalue weighted by Crippen LogP contribution is -2.01. The number of hydrogen-bond donors (Lipinski definition) is 0. The highest BCUT2D eigenvalue weighted by Gasteiger charge is 2.18. The topological polar surface area (TPSA) is 51.8 Å². The molecule has 9 aromatic rings. The van der Waals surface area contributed by atoms with Gasteiger partial charge in [-0.1, -0.05) is 121 Å². The molecule has 0 bridgehead atoms. The maximum absolute atomic E-state index is 6.24. The zero-order valence-electron chi connectivity index (χ0n) is 24.2. The van der Waals surface area contributed by atoms with Gasteiger partial charge in [0.05, 0.1) is 0 Å². The number of aromatic nitrogens is 3.